The Hall–Kier alpha value is -1.56. The van der Waals surface area contributed by atoms with Gasteiger partial charge in [0.2, 0.25) is 0 Å². The van der Waals surface area contributed by atoms with E-state index in [9.17, 15) is 31.2 Å². The number of esters is 1. The number of ether oxygens (including phenoxy) is 2. The highest BCUT2D eigenvalue weighted by molar-refractivity contribution is 7.87. The van der Waals surface area contributed by atoms with Gasteiger partial charge >= 0.3 is 27.4 Å². The SMILES string of the molecule is CCOC(=O)C1(COS(=O)(=O)C(F)(F)CF)CCCN(C(=O)OC(C)(C)C)C1. The number of amides is 1. The third kappa shape index (κ3) is 5.97. The zero-order valence-electron chi connectivity index (χ0n) is 16.3. The average molecular weight is 433 g/mol. The quantitative estimate of drug-likeness (QED) is 0.449. The first-order valence-corrected chi connectivity index (χ1v) is 10.1. The van der Waals surface area contributed by atoms with Gasteiger partial charge in [-0.15, -0.1) is 0 Å². The summed E-state index contributed by atoms with van der Waals surface area (Å²) in [5.41, 5.74) is -2.52. The molecule has 0 radical (unpaired) electrons. The van der Waals surface area contributed by atoms with Crippen molar-refractivity contribution in [2.45, 2.75) is 51.4 Å². The molecule has 0 spiro atoms. The molecule has 1 aliphatic heterocycles. The van der Waals surface area contributed by atoms with Gasteiger partial charge in [0, 0.05) is 13.1 Å². The molecular formula is C16H26F3NO7S. The Kier molecular flexibility index (Phi) is 7.74. The molecule has 8 nitrogen and oxygen atoms in total. The van der Waals surface area contributed by atoms with Crippen molar-refractivity contribution in [3.63, 3.8) is 0 Å². The molecule has 0 saturated carbocycles. The minimum atomic E-state index is -5.61. The second kappa shape index (κ2) is 8.85. The lowest BCUT2D eigenvalue weighted by Gasteiger charge is -2.40. The number of hydrogen-bond donors (Lipinski definition) is 0. The van der Waals surface area contributed by atoms with Crippen LogP contribution in [0.2, 0.25) is 0 Å². The van der Waals surface area contributed by atoms with Gasteiger partial charge in [-0.1, -0.05) is 0 Å². The Bertz CT molecular complexity index is 678. The van der Waals surface area contributed by atoms with Crippen molar-refractivity contribution in [1.29, 1.82) is 0 Å². The van der Waals surface area contributed by atoms with Crippen LogP contribution in [0.3, 0.4) is 0 Å². The number of alkyl halides is 3. The molecule has 0 aromatic carbocycles. The molecule has 1 fully saturated rings. The fourth-order valence-electron chi connectivity index (χ4n) is 2.59. The molecule has 0 bridgehead atoms. The smallest absolute Gasteiger partial charge is 0.410 e. The predicted octanol–water partition coefficient (Wildman–Crippen LogP) is 2.48. The van der Waals surface area contributed by atoms with Gasteiger partial charge < -0.3 is 14.4 Å². The third-order valence-electron chi connectivity index (χ3n) is 3.95. The highest BCUT2D eigenvalue weighted by atomic mass is 32.2. The zero-order chi connectivity index (χ0) is 21.8. The van der Waals surface area contributed by atoms with Crippen LogP contribution >= 0.6 is 0 Å². The number of rotatable bonds is 7. The summed E-state index contributed by atoms with van der Waals surface area (Å²) >= 11 is 0. The van der Waals surface area contributed by atoms with Crippen molar-refractivity contribution < 1.29 is 44.8 Å². The maximum absolute atomic E-state index is 13.3. The van der Waals surface area contributed by atoms with E-state index < -0.39 is 51.7 Å². The number of carbonyl (C=O) groups excluding carboxylic acids is 2. The first-order chi connectivity index (χ1) is 12.7. The number of piperidine rings is 1. The molecule has 1 amide bonds. The molecular weight excluding hydrogens is 407 g/mol. The van der Waals surface area contributed by atoms with Gasteiger partial charge in [-0.05, 0) is 40.5 Å². The van der Waals surface area contributed by atoms with Crippen molar-refractivity contribution in [2.24, 2.45) is 5.41 Å². The van der Waals surface area contributed by atoms with Crippen molar-refractivity contribution >= 4 is 22.2 Å². The van der Waals surface area contributed by atoms with Crippen LogP contribution in [0.15, 0.2) is 0 Å². The molecule has 0 aromatic rings. The van der Waals surface area contributed by atoms with E-state index in [0.29, 0.717) is 0 Å². The minimum Gasteiger partial charge on any atom is -0.465 e. The monoisotopic (exact) mass is 433 g/mol. The highest BCUT2D eigenvalue weighted by Crippen LogP contribution is 2.35. The van der Waals surface area contributed by atoms with Gasteiger partial charge in [0.05, 0.1) is 13.2 Å². The molecule has 0 N–H and O–H groups in total. The summed E-state index contributed by atoms with van der Waals surface area (Å²) in [6.45, 7) is 2.76. The Morgan fingerprint density at radius 1 is 1.21 bits per heavy atom. The molecule has 1 rings (SSSR count). The normalized spacial score (nSPS) is 21.3. The summed E-state index contributed by atoms with van der Waals surface area (Å²) in [6, 6.07) is 0. The molecule has 0 aliphatic carbocycles. The van der Waals surface area contributed by atoms with Crippen molar-refractivity contribution in [3.8, 4) is 0 Å². The summed E-state index contributed by atoms with van der Waals surface area (Å²) in [5.74, 6) is -0.901. The van der Waals surface area contributed by atoms with Gasteiger partial charge in [-0.2, -0.15) is 17.2 Å². The van der Waals surface area contributed by atoms with Crippen molar-refractivity contribution in [1.82, 2.24) is 4.90 Å². The van der Waals surface area contributed by atoms with Gasteiger partial charge in [0.25, 0.3) is 0 Å². The Morgan fingerprint density at radius 2 is 1.82 bits per heavy atom. The van der Waals surface area contributed by atoms with E-state index in [0.717, 1.165) is 4.90 Å². The topological polar surface area (TPSA) is 99.2 Å². The first kappa shape index (κ1) is 24.5. The van der Waals surface area contributed by atoms with E-state index in [-0.39, 0.29) is 32.5 Å². The van der Waals surface area contributed by atoms with E-state index in [4.69, 9.17) is 9.47 Å². The zero-order valence-corrected chi connectivity index (χ0v) is 17.1. The molecule has 1 heterocycles. The molecule has 0 aromatic heterocycles. The van der Waals surface area contributed by atoms with Crippen LogP contribution in [0.4, 0.5) is 18.0 Å². The summed E-state index contributed by atoms with van der Waals surface area (Å²) in [7, 11) is -5.61. The van der Waals surface area contributed by atoms with Gasteiger partial charge in [0.1, 0.15) is 11.0 Å². The number of carbonyl (C=O) groups is 2. The number of hydrogen-bond acceptors (Lipinski definition) is 7. The predicted molar refractivity (Wildman–Crippen MR) is 91.9 cm³/mol. The van der Waals surface area contributed by atoms with Crippen LogP contribution in [0.1, 0.15) is 40.5 Å². The molecule has 1 atom stereocenters. The Morgan fingerprint density at radius 3 is 2.32 bits per heavy atom. The summed E-state index contributed by atoms with van der Waals surface area (Å²) < 4.78 is 76.5. The second-order valence-corrected chi connectivity index (χ2v) is 9.23. The van der Waals surface area contributed by atoms with Crippen molar-refractivity contribution in [3.05, 3.63) is 0 Å². The van der Waals surface area contributed by atoms with Crippen LogP contribution in [-0.2, 0) is 28.6 Å². The van der Waals surface area contributed by atoms with Crippen LogP contribution in [0.25, 0.3) is 0 Å². The summed E-state index contributed by atoms with van der Waals surface area (Å²) in [6.07, 6.45) is -0.471. The largest absolute Gasteiger partial charge is 0.465 e. The van der Waals surface area contributed by atoms with E-state index in [2.05, 4.69) is 4.18 Å². The van der Waals surface area contributed by atoms with Gasteiger partial charge in [-0.25, -0.2) is 9.18 Å². The van der Waals surface area contributed by atoms with Gasteiger partial charge in [0.15, 0.2) is 6.67 Å². The van der Waals surface area contributed by atoms with Gasteiger partial charge in [-0.3, -0.25) is 8.98 Å². The molecule has 1 unspecified atom stereocenters. The van der Waals surface area contributed by atoms with Crippen LogP contribution in [-0.4, -0.2) is 69.2 Å². The lowest BCUT2D eigenvalue weighted by Crippen LogP contribution is -2.54. The molecule has 12 heteroatoms. The minimum absolute atomic E-state index is 0.0296. The standard InChI is InChI=1S/C16H26F3NO7S/c1-5-25-12(21)15(11-26-28(23,24)16(18,19)9-17)7-6-8-20(10-15)13(22)27-14(2,3)4/h5-11H2,1-4H3. The van der Waals surface area contributed by atoms with Crippen LogP contribution in [0.5, 0.6) is 0 Å². The first-order valence-electron chi connectivity index (χ1n) is 8.67. The summed E-state index contributed by atoms with van der Waals surface area (Å²) in [5, 5.41) is -4.75. The number of nitrogens with zero attached hydrogens (tertiary/aromatic N) is 1. The second-order valence-electron chi connectivity index (χ2n) is 7.49. The molecule has 1 saturated heterocycles. The number of halogens is 3. The maximum atomic E-state index is 13.3. The van der Waals surface area contributed by atoms with E-state index >= 15 is 0 Å². The third-order valence-corrected chi connectivity index (χ3v) is 5.22. The van der Waals surface area contributed by atoms with Crippen molar-refractivity contribution in [2.75, 3.05) is 33.0 Å². The summed E-state index contributed by atoms with van der Waals surface area (Å²) in [4.78, 5) is 25.9. The van der Waals surface area contributed by atoms with Crippen LogP contribution < -0.4 is 0 Å². The molecule has 1 aliphatic rings. The molecule has 28 heavy (non-hydrogen) atoms. The lowest BCUT2D eigenvalue weighted by molar-refractivity contribution is -0.161. The lowest BCUT2D eigenvalue weighted by atomic mass is 9.80. The van der Waals surface area contributed by atoms with E-state index in [1.54, 1.807) is 20.8 Å². The van der Waals surface area contributed by atoms with Crippen LogP contribution in [0, 0.1) is 5.41 Å². The maximum Gasteiger partial charge on any atom is 0.410 e. The Balaban J connectivity index is 3.08. The highest BCUT2D eigenvalue weighted by Gasteiger charge is 2.51. The Labute approximate surface area is 162 Å². The average Bonchev–Trinajstić information content (AvgIpc) is 2.59. The fraction of sp³-hybridized carbons (Fsp3) is 0.875. The van der Waals surface area contributed by atoms with E-state index in [1.165, 1.54) is 6.92 Å². The molecule has 164 valence electrons. The van der Waals surface area contributed by atoms with E-state index in [1.807, 2.05) is 0 Å². The number of likely N-dealkylation sites (tertiary alicyclic amines) is 1. The fourth-order valence-corrected chi connectivity index (χ4v) is 3.27.